The van der Waals surface area contributed by atoms with Crippen molar-refractivity contribution in [2.24, 2.45) is 0 Å². The van der Waals surface area contributed by atoms with Crippen LogP contribution in [0, 0.1) is 0 Å². The molecule has 0 bridgehead atoms. The van der Waals surface area contributed by atoms with E-state index in [-0.39, 0.29) is 6.10 Å². The summed E-state index contributed by atoms with van der Waals surface area (Å²) in [4.78, 5) is 2.42. The summed E-state index contributed by atoms with van der Waals surface area (Å²) in [7, 11) is 0. The van der Waals surface area contributed by atoms with Crippen LogP contribution in [0.15, 0.2) is 0 Å². The Morgan fingerprint density at radius 3 is 2.93 bits per heavy atom. The van der Waals surface area contributed by atoms with Gasteiger partial charge in [-0.2, -0.15) is 0 Å². The molecule has 0 aromatic rings. The predicted octanol–water partition coefficient (Wildman–Crippen LogP) is 1.22. The van der Waals surface area contributed by atoms with Crippen LogP contribution >= 0.6 is 0 Å². The van der Waals surface area contributed by atoms with Gasteiger partial charge < -0.3 is 10.4 Å². The van der Waals surface area contributed by atoms with Crippen molar-refractivity contribution in [3.05, 3.63) is 0 Å². The second kappa shape index (κ2) is 7.20. The molecule has 1 fully saturated rings. The van der Waals surface area contributed by atoms with Crippen LogP contribution in [0.2, 0.25) is 0 Å². The Kier molecular flexibility index (Phi) is 6.22. The van der Waals surface area contributed by atoms with Crippen LogP contribution < -0.4 is 5.32 Å². The molecule has 2 N–H and O–H groups in total. The van der Waals surface area contributed by atoms with Crippen molar-refractivity contribution in [3.63, 3.8) is 0 Å². The average Bonchev–Trinajstić information content (AvgIpc) is 2.22. The minimum atomic E-state index is -0.211. The van der Waals surface area contributed by atoms with Gasteiger partial charge in [-0.05, 0) is 39.3 Å². The Balaban J connectivity index is 2.15. The van der Waals surface area contributed by atoms with Gasteiger partial charge in [0.1, 0.15) is 0 Å². The maximum Gasteiger partial charge on any atom is 0.0791 e. The van der Waals surface area contributed by atoms with Gasteiger partial charge in [-0.15, -0.1) is 0 Å². The molecule has 0 spiro atoms. The largest absolute Gasteiger partial charge is 0.390 e. The van der Waals surface area contributed by atoms with Gasteiger partial charge in [-0.25, -0.2) is 0 Å². The van der Waals surface area contributed by atoms with Gasteiger partial charge in [0, 0.05) is 19.1 Å². The number of hydrogen-bond acceptors (Lipinski definition) is 3. The van der Waals surface area contributed by atoms with Gasteiger partial charge in [0.2, 0.25) is 0 Å². The lowest BCUT2D eigenvalue weighted by atomic mass is 10.0. The Morgan fingerprint density at radius 1 is 1.47 bits per heavy atom. The van der Waals surface area contributed by atoms with E-state index < -0.39 is 0 Å². The van der Waals surface area contributed by atoms with Crippen LogP contribution in [0.1, 0.15) is 39.5 Å². The molecule has 1 heterocycles. The van der Waals surface area contributed by atoms with E-state index in [0.717, 1.165) is 32.6 Å². The van der Waals surface area contributed by atoms with Crippen LogP contribution in [0.5, 0.6) is 0 Å². The molecular formula is C12H26N2O. The van der Waals surface area contributed by atoms with Crippen LogP contribution in [0.25, 0.3) is 0 Å². The highest BCUT2D eigenvalue weighted by molar-refractivity contribution is 4.76. The topological polar surface area (TPSA) is 35.5 Å². The van der Waals surface area contributed by atoms with Crippen LogP contribution in [0.4, 0.5) is 0 Å². The van der Waals surface area contributed by atoms with Crippen molar-refractivity contribution in [1.29, 1.82) is 0 Å². The maximum absolute atomic E-state index is 9.84. The standard InChI is InChI=1S/C12H26N2O/c1-3-7-13-9-12(15)10-14-8-5-4-6-11(14)2/h11-13,15H,3-10H2,1-2H3. The number of aliphatic hydroxyl groups is 1. The minimum Gasteiger partial charge on any atom is -0.390 e. The fraction of sp³-hybridized carbons (Fsp3) is 1.00. The first-order valence-electron chi connectivity index (χ1n) is 6.37. The van der Waals surface area contributed by atoms with Crippen molar-refractivity contribution in [2.75, 3.05) is 26.2 Å². The Labute approximate surface area is 93.9 Å². The fourth-order valence-corrected chi connectivity index (χ4v) is 2.21. The van der Waals surface area contributed by atoms with Gasteiger partial charge in [-0.1, -0.05) is 13.3 Å². The van der Waals surface area contributed by atoms with Gasteiger partial charge in [0.15, 0.2) is 0 Å². The summed E-state index contributed by atoms with van der Waals surface area (Å²) < 4.78 is 0. The van der Waals surface area contributed by atoms with E-state index in [4.69, 9.17) is 0 Å². The lowest BCUT2D eigenvalue weighted by Crippen LogP contribution is -2.44. The second-order valence-electron chi connectivity index (χ2n) is 4.70. The monoisotopic (exact) mass is 214 g/mol. The molecule has 1 rings (SSSR count). The van der Waals surface area contributed by atoms with Crippen molar-refractivity contribution in [1.82, 2.24) is 10.2 Å². The minimum absolute atomic E-state index is 0.211. The van der Waals surface area contributed by atoms with Crippen molar-refractivity contribution < 1.29 is 5.11 Å². The number of hydrogen-bond donors (Lipinski definition) is 2. The van der Waals surface area contributed by atoms with Crippen molar-refractivity contribution in [2.45, 2.75) is 51.7 Å². The van der Waals surface area contributed by atoms with Crippen molar-refractivity contribution in [3.8, 4) is 0 Å². The third kappa shape index (κ3) is 4.96. The van der Waals surface area contributed by atoms with Crippen molar-refractivity contribution >= 4 is 0 Å². The zero-order valence-corrected chi connectivity index (χ0v) is 10.2. The number of aliphatic hydroxyl groups excluding tert-OH is 1. The highest BCUT2D eigenvalue weighted by Gasteiger charge is 2.20. The lowest BCUT2D eigenvalue weighted by molar-refractivity contribution is 0.0733. The van der Waals surface area contributed by atoms with E-state index in [1.54, 1.807) is 0 Å². The first-order valence-corrected chi connectivity index (χ1v) is 6.37. The van der Waals surface area contributed by atoms with E-state index in [2.05, 4.69) is 24.1 Å². The molecule has 90 valence electrons. The predicted molar refractivity (Wildman–Crippen MR) is 64.1 cm³/mol. The summed E-state index contributed by atoms with van der Waals surface area (Å²) in [5.74, 6) is 0. The molecule has 0 aliphatic carbocycles. The Bertz CT molecular complexity index is 164. The van der Waals surface area contributed by atoms with E-state index in [0.29, 0.717) is 6.04 Å². The molecule has 15 heavy (non-hydrogen) atoms. The van der Waals surface area contributed by atoms with E-state index >= 15 is 0 Å². The SMILES string of the molecule is CCCNCC(O)CN1CCCCC1C. The third-order valence-corrected chi connectivity index (χ3v) is 3.19. The van der Waals surface area contributed by atoms with Crippen LogP contribution in [-0.2, 0) is 0 Å². The molecular weight excluding hydrogens is 188 g/mol. The zero-order valence-electron chi connectivity index (χ0n) is 10.2. The molecule has 0 amide bonds. The maximum atomic E-state index is 9.84. The van der Waals surface area contributed by atoms with E-state index in [1.165, 1.54) is 19.3 Å². The van der Waals surface area contributed by atoms with Gasteiger partial charge >= 0.3 is 0 Å². The molecule has 3 nitrogen and oxygen atoms in total. The Hall–Kier alpha value is -0.120. The summed E-state index contributed by atoms with van der Waals surface area (Å²) >= 11 is 0. The van der Waals surface area contributed by atoms with Crippen LogP contribution in [-0.4, -0.2) is 48.3 Å². The smallest absolute Gasteiger partial charge is 0.0791 e. The molecule has 1 saturated heterocycles. The number of nitrogens with one attached hydrogen (secondary N) is 1. The zero-order chi connectivity index (χ0) is 11.1. The fourth-order valence-electron chi connectivity index (χ4n) is 2.21. The molecule has 2 unspecified atom stereocenters. The summed E-state index contributed by atoms with van der Waals surface area (Å²) in [5.41, 5.74) is 0. The molecule has 1 aliphatic heterocycles. The highest BCUT2D eigenvalue weighted by Crippen LogP contribution is 2.16. The molecule has 0 saturated carbocycles. The summed E-state index contributed by atoms with van der Waals surface area (Å²) in [6.45, 7) is 8.14. The normalized spacial score (nSPS) is 25.4. The number of nitrogens with zero attached hydrogens (tertiary/aromatic N) is 1. The molecule has 1 aliphatic rings. The summed E-state index contributed by atoms with van der Waals surface area (Å²) in [6, 6.07) is 0.652. The molecule has 0 radical (unpaired) electrons. The average molecular weight is 214 g/mol. The number of piperidine rings is 1. The molecule has 3 heteroatoms. The van der Waals surface area contributed by atoms with Crippen LogP contribution in [0.3, 0.4) is 0 Å². The molecule has 0 aromatic carbocycles. The highest BCUT2D eigenvalue weighted by atomic mass is 16.3. The quantitative estimate of drug-likeness (QED) is 0.653. The molecule has 0 aromatic heterocycles. The van der Waals surface area contributed by atoms with Gasteiger partial charge in [0.05, 0.1) is 6.10 Å². The number of likely N-dealkylation sites (tertiary alicyclic amines) is 1. The third-order valence-electron chi connectivity index (χ3n) is 3.19. The lowest BCUT2D eigenvalue weighted by Gasteiger charge is -2.34. The van der Waals surface area contributed by atoms with E-state index in [9.17, 15) is 5.11 Å². The summed E-state index contributed by atoms with van der Waals surface area (Å²) in [5, 5.41) is 13.1. The summed E-state index contributed by atoms with van der Waals surface area (Å²) in [6.07, 6.45) is 4.85. The second-order valence-corrected chi connectivity index (χ2v) is 4.70. The van der Waals surface area contributed by atoms with Gasteiger partial charge in [-0.3, -0.25) is 4.90 Å². The first-order chi connectivity index (χ1) is 7.24. The van der Waals surface area contributed by atoms with E-state index in [1.807, 2.05) is 0 Å². The number of rotatable bonds is 6. The first kappa shape index (κ1) is 12.9. The Morgan fingerprint density at radius 2 is 2.27 bits per heavy atom. The number of β-amino-alcohol motifs (C(OH)–C–C–N with tert-alkyl or cyclic N) is 1. The molecule has 2 atom stereocenters. The van der Waals surface area contributed by atoms with Gasteiger partial charge in [0.25, 0.3) is 0 Å².